The van der Waals surface area contributed by atoms with E-state index in [1.807, 2.05) is 24.3 Å². The van der Waals surface area contributed by atoms with E-state index in [0.717, 1.165) is 17.5 Å². The molecule has 0 saturated heterocycles. The number of hydrogen-bond acceptors (Lipinski definition) is 1. The summed E-state index contributed by atoms with van der Waals surface area (Å²) < 4.78 is 0. The quantitative estimate of drug-likeness (QED) is 0.361. The topological polar surface area (TPSA) is 37.3 Å². The van der Waals surface area contributed by atoms with Crippen molar-refractivity contribution >= 4 is 18.1 Å². The molecule has 0 atom stereocenters. The van der Waals surface area contributed by atoms with Crippen LogP contribution in [-0.4, -0.2) is 11.1 Å². The molecule has 0 aliphatic heterocycles. The molecule has 0 amide bonds. The second-order valence-electron chi connectivity index (χ2n) is 5.97. The smallest absolute Gasteiger partial charge is 0.328 e. The van der Waals surface area contributed by atoms with Crippen LogP contribution in [0.5, 0.6) is 0 Å². The molecule has 0 heterocycles. The Morgan fingerprint density at radius 3 is 2.09 bits per heavy atom. The fourth-order valence-electron chi connectivity index (χ4n) is 2.58. The third-order valence-electron chi connectivity index (χ3n) is 3.92. The third-order valence-corrected chi connectivity index (χ3v) is 3.92. The van der Waals surface area contributed by atoms with Crippen molar-refractivity contribution in [1.29, 1.82) is 0 Å². The van der Waals surface area contributed by atoms with Crippen LogP contribution < -0.4 is 0 Å². The predicted octanol–water partition coefficient (Wildman–Crippen LogP) is 6.33. The van der Waals surface area contributed by atoms with E-state index >= 15 is 0 Å². The van der Waals surface area contributed by atoms with Gasteiger partial charge in [-0.05, 0) is 30.0 Å². The van der Waals surface area contributed by atoms with E-state index in [2.05, 4.69) is 19.1 Å². The van der Waals surface area contributed by atoms with Crippen molar-refractivity contribution in [1.82, 2.24) is 0 Å². The van der Waals surface area contributed by atoms with Gasteiger partial charge < -0.3 is 5.11 Å². The Hall–Kier alpha value is -1.83. The highest BCUT2D eigenvalue weighted by molar-refractivity contribution is 5.86. The first-order chi connectivity index (χ1) is 11.2. The van der Waals surface area contributed by atoms with Crippen molar-refractivity contribution in [3.63, 3.8) is 0 Å². The molecule has 0 unspecified atom stereocenters. The average Bonchev–Trinajstić information content (AvgIpc) is 2.55. The van der Waals surface area contributed by atoms with Gasteiger partial charge in [0, 0.05) is 6.08 Å². The highest BCUT2D eigenvalue weighted by Gasteiger charge is 1.96. The van der Waals surface area contributed by atoms with Gasteiger partial charge in [-0.1, -0.05) is 88.3 Å². The van der Waals surface area contributed by atoms with Gasteiger partial charge >= 0.3 is 5.97 Å². The van der Waals surface area contributed by atoms with Gasteiger partial charge in [0.2, 0.25) is 0 Å². The summed E-state index contributed by atoms with van der Waals surface area (Å²) in [4.78, 5) is 10.6. The Kier molecular flexibility index (Phi) is 10.6. The molecule has 23 heavy (non-hydrogen) atoms. The maximum Gasteiger partial charge on any atom is 0.328 e. The van der Waals surface area contributed by atoms with Gasteiger partial charge in [-0.2, -0.15) is 0 Å². The molecule has 0 aliphatic carbocycles. The Bertz CT molecular complexity index is 500. The second kappa shape index (κ2) is 12.7. The molecule has 2 heteroatoms. The van der Waals surface area contributed by atoms with E-state index in [0.29, 0.717) is 0 Å². The molecule has 0 aliphatic rings. The summed E-state index contributed by atoms with van der Waals surface area (Å²) in [6.45, 7) is 2.25. The first-order valence-electron chi connectivity index (χ1n) is 8.90. The second-order valence-corrected chi connectivity index (χ2v) is 5.97. The number of carboxylic acid groups (broad SMARTS) is 1. The summed E-state index contributed by atoms with van der Waals surface area (Å²) >= 11 is 0. The Morgan fingerprint density at radius 1 is 0.913 bits per heavy atom. The lowest BCUT2D eigenvalue weighted by Gasteiger charge is -2.01. The van der Waals surface area contributed by atoms with Gasteiger partial charge in [0.25, 0.3) is 0 Å². The largest absolute Gasteiger partial charge is 0.478 e. The zero-order valence-electron chi connectivity index (χ0n) is 14.3. The molecule has 1 N–H and O–H groups in total. The van der Waals surface area contributed by atoms with Gasteiger partial charge in [-0.25, -0.2) is 4.79 Å². The monoisotopic (exact) mass is 314 g/mol. The Labute approximate surface area is 140 Å². The van der Waals surface area contributed by atoms with E-state index in [4.69, 9.17) is 5.11 Å². The predicted molar refractivity (Wildman–Crippen MR) is 99.4 cm³/mol. The highest BCUT2D eigenvalue weighted by Crippen LogP contribution is 2.14. The zero-order chi connectivity index (χ0) is 16.8. The van der Waals surface area contributed by atoms with Crippen molar-refractivity contribution < 1.29 is 9.90 Å². The van der Waals surface area contributed by atoms with Crippen LogP contribution in [0.4, 0.5) is 0 Å². The molecular weight excluding hydrogens is 284 g/mol. The van der Waals surface area contributed by atoms with Crippen LogP contribution in [0.3, 0.4) is 0 Å². The van der Waals surface area contributed by atoms with Crippen molar-refractivity contribution in [3.8, 4) is 0 Å². The molecule has 0 bridgehead atoms. The van der Waals surface area contributed by atoms with Crippen molar-refractivity contribution in [2.45, 2.75) is 64.7 Å². The first-order valence-corrected chi connectivity index (χ1v) is 8.90. The van der Waals surface area contributed by atoms with Gasteiger partial charge in [-0.3, -0.25) is 0 Å². The number of allylic oxidation sites excluding steroid dienone is 1. The fraction of sp³-hybridized carbons (Fsp3) is 0.476. The van der Waals surface area contributed by atoms with Gasteiger partial charge in [0.1, 0.15) is 0 Å². The minimum absolute atomic E-state index is 0.914. The van der Waals surface area contributed by atoms with Crippen molar-refractivity contribution in [2.24, 2.45) is 0 Å². The van der Waals surface area contributed by atoms with Crippen LogP contribution >= 0.6 is 0 Å². The summed E-state index contributed by atoms with van der Waals surface area (Å²) in [5.41, 5.74) is 2.02. The van der Waals surface area contributed by atoms with Crippen LogP contribution in [-0.2, 0) is 4.79 Å². The van der Waals surface area contributed by atoms with Crippen LogP contribution in [0, 0.1) is 0 Å². The normalized spacial score (nSPS) is 11.5. The van der Waals surface area contributed by atoms with Crippen LogP contribution in [0.1, 0.15) is 75.8 Å². The summed E-state index contributed by atoms with van der Waals surface area (Å²) in [7, 11) is 0. The molecule has 1 aromatic carbocycles. The van der Waals surface area contributed by atoms with E-state index < -0.39 is 5.97 Å². The summed E-state index contributed by atoms with van der Waals surface area (Å²) in [5, 5.41) is 8.73. The molecule has 0 aromatic heterocycles. The van der Waals surface area contributed by atoms with Crippen molar-refractivity contribution in [2.75, 3.05) is 0 Å². The van der Waals surface area contributed by atoms with Gasteiger partial charge in [0.15, 0.2) is 0 Å². The number of hydrogen-bond donors (Lipinski definition) is 1. The molecule has 0 saturated carbocycles. The summed E-state index contributed by atoms with van der Waals surface area (Å²) in [6.07, 6.45) is 18.9. The SMILES string of the molecule is CCCCCCCCCC/C=C/c1ccccc1/C=C/C(=O)O. The Balaban J connectivity index is 2.26. The highest BCUT2D eigenvalue weighted by atomic mass is 16.4. The number of unbranched alkanes of at least 4 members (excludes halogenated alkanes) is 8. The number of carboxylic acids is 1. The molecule has 0 spiro atoms. The van der Waals surface area contributed by atoms with E-state index in [9.17, 15) is 4.79 Å². The standard InChI is InChI=1S/C21H30O2/c1-2-3-4-5-6-7-8-9-10-11-14-19-15-12-13-16-20(19)17-18-21(22)23/h11-18H,2-10H2,1H3,(H,22,23)/b14-11+,18-17+. The van der Waals surface area contributed by atoms with Crippen LogP contribution in [0.25, 0.3) is 12.2 Å². The molecular formula is C21H30O2. The first kappa shape index (κ1) is 19.2. The summed E-state index contributed by atoms with van der Waals surface area (Å²) in [5.74, 6) is -0.914. The zero-order valence-corrected chi connectivity index (χ0v) is 14.3. The Morgan fingerprint density at radius 2 is 1.48 bits per heavy atom. The van der Waals surface area contributed by atoms with Gasteiger partial charge in [-0.15, -0.1) is 0 Å². The number of benzene rings is 1. The number of aliphatic carboxylic acids is 1. The molecule has 0 fully saturated rings. The lowest BCUT2D eigenvalue weighted by atomic mass is 10.0. The maximum absolute atomic E-state index is 10.6. The molecule has 2 nitrogen and oxygen atoms in total. The minimum Gasteiger partial charge on any atom is -0.478 e. The number of rotatable bonds is 12. The average molecular weight is 314 g/mol. The molecule has 1 aromatic rings. The summed E-state index contributed by atoms with van der Waals surface area (Å²) in [6, 6.07) is 7.87. The van der Waals surface area contributed by atoms with E-state index in [1.54, 1.807) is 6.08 Å². The maximum atomic E-state index is 10.6. The van der Waals surface area contributed by atoms with Gasteiger partial charge in [0.05, 0.1) is 0 Å². The molecule has 0 radical (unpaired) electrons. The minimum atomic E-state index is -0.914. The van der Waals surface area contributed by atoms with Crippen LogP contribution in [0.2, 0.25) is 0 Å². The number of carbonyl (C=O) groups is 1. The fourth-order valence-corrected chi connectivity index (χ4v) is 2.58. The molecule has 1 rings (SSSR count). The van der Waals surface area contributed by atoms with E-state index in [-0.39, 0.29) is 0 Å². The van der Waals surface area contributed by atoms with E-state index in [1.165, 1.54) is 57.4 Å². The third kappa shape index (κ3) is 9.72. The lowest BCUT2D eigenvalue weighted by molar-refractivity contribution is -0.131. The lowest BCUT2D eigenvalue weighted by Crippen LogP contribution is -1.87. The van der Waals surface area contributed by atoms with Crippen molar-refractivity contribution in [3.05, 3.63) is 47.5 Å². The molecule has 126 valence electrons. The van der Waals surface area contributed by atoms with Crippen LogP contribution in [0.15, 0.2) is 36.4 Å².